The average molecular weight is 354 g/mol. The second-order valence-electron chi connectivity index (χ2n) is 5.09. The summed E-state index contributed by atoms with van der Waals surface area (Å²) in [5, 5.41) is 13.4. The Morgan fingerprint density at radius 1 is 1.20 bits per heavy atom. The van der Waals surface area contributed by atoms with Crippen molar-refractivity contribution in [2.75, 3.05) is 11.9 Å². The number of ether oxygens (including phenoxy) is 1. The van der Waals surface area contributed by atoms with Gasteiger partial charge in [-0.2, -0.15) is 13.2 Å². The normalized spacial score (nSPS) is 11.0. The van der Waals surface area contributed by atoms with Crippen LogP contribution in [0.3, 0.4) is 0 Å². The highest BCUT2D eigenvalue weighted by molar-refractivity contribution is 5.91. The Labute approximate surface area is 140 Å². The number of rotatable bonds is 5. The maximum absolute atomic E-state index is 12.5. The molecule has 0 aliphatic heterocycles. The first-order chi connectivity index (χ1) is 11.7. The van der Waals surface area contributed by atoms with E-state index in [1.807, 2.05) is 0 Å². The first kappa shape index (κ1) is 18.2. The van der Waals surface area contributed by atoms with Crippen LogP contribution in [-0.2, 0) is 11.0 Å². The van der Waals surface area contributed by atoms with Gasteiger partial charge in [-0.05, 0) is 37.3 Å². The number of nitrogens with one attached hydrogen (secondary N) is 1. The van der Waals surface area contributed by atoms with E-state index < -0.39 is 29.2 Å². The molecule has 0 aromatic heterocycles. The Morgan fingerprint density at radius 3 is 2.40 bits per heavy atom. The van der Waals surface area contributed by atoms with Crippen molar-refractivity contribution in [3.8, 4) is 5.75 Å². The highest BCUT2D eigenvalue weighted by Gasteiger charge is 2.30. The number of alkyl halides is 3. The van der Waals surface area contributed by atoms with Crippen molar-refractivity contribution in [2.24, 2.45) is 0 Å². The van der Waals surface area contributed by atoms with Crippen LogP contribution in [0.25, 0.3) is 0 Å². The van der Waals surface area contributed by atoms with Crippen molar-refractivity contribution < 1.29 is 27.6 Å². The first-order valence-corrected chi connectivity index (χ1v) is 7.02. The van der Waals surface area contributed by atoms with Crippen LogP contribution in [0.5, 0.6) is 5.75 Å². The van der Waals surface area contributed by atoms with Crippen molar-refractivity contribution >= 4 is 17.3 Å². The zero-order valence-corrected chi connectivity index (χ0v) is 13.0. The van der Waals surface area contributed by atoms with Crippen LogP contribution < -0.4 is 10.1 Å². The van der Waals surface area contributed by atoms with Crippen molar-refractivity contribution in [2.45, 2.75) is 13.1 Å². The molecule has 2 aromatic rings. The number of hydrogen-bond donors (Lipinski definition) is 1. The lowest BCUT2D eigenvalue weighted by molar-refractivity contribution is -0.386. The number of nitro benzene ring substituents is 1. The number of nitro groups is 1. The van der Waals surface area contributed by atoms with E-state index in [0.717, 1.165) is 24.3 Å². The summed E-state index contributed by atoms with van der Waals surface area (Å²) >= 11 is 0. The lowest BCUT2D eigenvalue weighted by atomic mass is 10.2. The third-order valence-electron chi connectivity index (χ3n) is 3.24. The highest BCUT2D eigenvalue weighted by Crippen LogP contribution is 2.31. The number of anilines is 1. The molecule has 2 aromatic carbocycles. The topological polar surface area (TPSA) is 81.5 Å². The summed E-state index contributed by atoms with van der Waals surface area (Å²) in [6, 6.07) is 8.32. The Kier molecular flexibility index (Phi) is 5.26. The molecule has 1 amide bonds. The molecule has 0 aliphatic carbocycles. The summed E-state index contributed by atoms with van der Waals surface area (Å²) in [6.45, 7) is 1.01. The summed E-state index contributed by atoms with van der Waals surface area (Å²) in [4.78, 5) is 22.2. The first-order valence-electron chi connectivity index (χ1n) is 7.02. The van der Waals surface area contributed by atoms with Crippen LogP contribution in [0.15, 0.2) is 42.5 Å². The number of halogens is 3. The lowest BCUT2D eigenvalue weighted by Crippen LogP contribution is -2.20. The minimum atomic E-state index is -4.46. The Bertz CT molecular complexity index is 789. The van der Waals surface area contributed by atoms with Crippen LogP contribution in [0.1, 0.15) is 11.1 Å². The fraction of sp³-hybridized carbons (Fsp3) is 0.188. The maximum Gasteiger partial charge on any atom is 0.416 e. The smallest absolute Gasteiger partial charge is 0.416 e. The van der Waals surface area contributed by atoms with Crippen molar-refractivity contribution in [1.82, 2.24) is 0 Å². The van der Waals surface area contributed by atoms with Gasteiger partial charge in [0.15, 0.2) is 12.4 Å². The third-order valence-corrected chi connectivity index (χ3v) is 3.24. The number of hydrogen-bond acceptors (Lipinski definition) is 4. The van der Waals surface area contributed by atoms with E-state index in [1.165, 1.54) is 19.1 Å². The van der Waals surface area contributed by atoms with Crippen molar-refractivity contribution in [3.63, 3.8) is 0 Å². The number of aryl methyl sites for hydroxylation is 1. The summed E-state index contributed by atoms with van der Waals surface area (Å²) in [5.74, 6) is -0.719. The van der Waals surface area contributed by atoms with E-state index >= 15 is 0 Å². The van der Waals surface area contributed by atoms with E-state index in [1.54, 1.807) is 6.07 Å². The van der Waals surface area contributed by atoms with E-state index in [0.29, 0.717) is 5.56 Å². The number of amides is 1. The zero-order valence-electron chi connectivity index (χ0n) is 13.0. The number of benzene rings is 2. The van der Waals surface area contributed by atoms with Gasteiger partial charge in [0.1, 0.15) is 0 Å². The van der Waals surface area contributed by atoms with Gasteiger partial charge in [0, 0.05) is 11.3 Å². The number of nitrogens with zero attached hydrogens (tertiary/aromatic N) is 1. The molecule has 9 heteroatoms. The van der Waals surface area contributed by atoms with E-state index in [-0.39, 0.29) is 17.1 Å². The molecule has 25 heavy (non-hydrogen) atoms. The minimum absolute atomic E-state index is 0.0624. The van der Waals surface area contributed by atoms with Gasteiger partial charge in [-0.15, -0.1) is 0 Å². The lowest BCUT2D eigenvalue weighted by Gasteiger charge is -2.10. The standard InChI is InChI=1S/C16H13F3N2O4/c1-10-3-2-4-13(15(10)21(23)24)25-9-14(22)20-12-7-5-11(6-8-12)16(17,18)19/h2-8H,9H2,1H3,(H,20,22). The quantitative estimate of drug-likeness (QED) is 0.651. The van der Waals surface area contributed by atoms with Crippen molar-refractivity contribution in [1.29, 1.82) is 0 Å². The largest absolute Gasteiger partial charge is 0.477 e. The Balaban J connectivity index is 2.00. The molecular formula is C16H13F3N2O4. The molecule has 0 atom stereocenters. The van der Waals surface area contributed by atoms with Crippen LogP contribution in [0.4, 0.5) is 24.5 Å². The minimum Gasteiger partial charge on any atom is -0.477 e. The molecule has 0 saturated heterocycles. The van der Waals surface area contributed by atoms with Gasteiger partial charge in [0.2, 0.25) is 0 Å². The van der Waals surface area contributed by atoms with Gasteiger partial charge in [-0.1, -0.05) is 12.1 Å². The van der Waals surface area contributed by atoms with E-state index in [9.17, 15) is 28.1 Å². The molecule has 132 valence electrons. The molecule has 0 radical (unpaired) electrons. The van der Waals surface area contributed by atoms with Gasteiger partial charge >= 0.3 is 11.9 Å². The van der Waals surface area contributed by atoms with E-state index in [2.05, 4.69) is 5.32 Å². The predicted octanol–water partition coefficient (Wildman–Crippen LogP) is 3.94. The average Bonchev–Trinajstić information content (AvgIpc) is 2.52. The van der Waals surface area contributed by atoms with Crippen LogP contribution in [-0.4, -0.2) is 17.4 Å². The molecule has 2 rings (SSSR count). The van der Waals surface area contributed by atoms with E-state index in [4.69, 9.17) is 4.74 Å². The van der Waals surface area contributed by atoms with Crippen LogP contribution in [0, 0.1) is 17.0 Å². The third kappa shape index (κ3) is 4.69. The summed E-state index contributed by atoms with van der Waals surface area (Å²) in [5.41, 5.74) is -0.548. The summed E-state index contributed by atoms with van der Waals surface area (Å²) < 4.78 is 42.5. The molecule has 6 nitrogen and oxygen atoms in total. The van der Waals surface area contributed by atoms with Crippen LogP contribution in [0.2, 0.25) is 0 Å². The van der Waals surface area contributed by atoms with Crippen LogP contribution >= 0.6 is 0 Å². The second-order valence-corrected chi connectivity index (χ2v) is 5.09. The number of carbonyl (C=O) groups excluding carboxylic acids is 1. The molecule has 0 aliphatic rings. The SMILES string of the molecule is Cc1cccc(OCC(=O)Nc2ccc(C(F)(F)F)cc2)c1[N+](=O)[O-]. The molecular weight excluding hydrogens is 341 g/mol. The van der Waals surface area contributed by atoms with Gasteiger partial charge in [-0.3, -0.25) is 14.9 Å². The van der Waals surface area contributed by atoms with Gasteiger partial charge in [-0.25, -0.2) is 0 Å². The fourth-order valence-electron chi connectivity index (χ4n) is 2.07. The molecule has 0 unspecified atom stereocenters. The fourth-order valence-corrected chi connectivity index (χ4v) is 2.07. The number of carbonyl (C=O) groups is 1. The maximum atomic E-state index is 12.5. The number of para-hydroxylation sites is 1. The Hall–Kier alpha value is -3.10. The molecule has 0 bridgehead atoms. The molecule has 1 N–H and O–H groups in total. The predicted molar refractivity (Wildman–Crippen MR) is 83.4 cm³/mol. The van der Waals surface area contributed by atoms with Gasteiger partial charge < -0.3 is 10.1 Å². The molecule has 0 saturated carbocycles. The van der Waals surface area contributed by atoms with Gasteiger partial charge in [0.25, 0.3) is 5.91 Å². The molecule has 0 fully saturated rings. The molecule has 0 spiro atoms. The summed E-state index contributed by atoms with van der Waals surface area (Å²) in [6.07, 6.45) is -4.46. The second kappa shape index (κ2) is 7.20. The van der Waals surface area contributed by atoms with Gasteiger partial charge in [0.05, 0.1) is 10.5 Å². The molecule has 0 heterocycles. The zero-order chi connectivity index (χ0) is 18.6. The van der Waals surface area contributed by atoms with Crippen molar-refractivity contribution in [3.05, 3.63) is 63.7 Å². The Morgan fingerprint density at radius 2 is 1.84 bits per heavy atom. The summed E-state index contributed by atoms with van der Waals surface area (Å²) in [7, 11) is 0. The monoisotopic (exact) mass is 354 g/mol. The highest BCUT2D eigenvalue weighted by atomic mass is 19.4.